The highest BCUT2D eigenvalue weighted by atomic mass is 16.5. The zero-order valence-corrected chi connectivity index (χ0v) is 5.96. The van der Waals surface area contributed by atoms with Gasteiger partial charge in [-0.05, 0) is 6.92 Å². The van der Waals surface area contributed by atoms with Crippen LogP contribution in [0.25, 0.3) is 0 Å². The van der Waals surface area contributed by atoms with Crippen LogP contribution in [-0.4, -0.2) is 13.2 Å². The van der Waals surface area contributed by atoms with Crippen LogP contribution in [0, 0.1) is 6.92 Å². The lowest BCUT2D eigenvalue weighted by Gasteiger charge is -1.99. The van der Waals surface area contributed by atoms with E-state index in [2.05, 4.69) is 0 Å². The fourth-order valence-corrected chi connectivity index (χ4v) is 0.692. The molecule has 3 heteroatoms. The fraction of sp³-hybridized carbons (Fsp3) is 0.429. The van der Waals surface area contributed by atoms with E-state index < -0.39 is 0 Å². The summed E-state index contributed by atoms with van der Waals surface area (Å²) in [4.78, 5) is 0. The quantitative estimate of drug-likeness (QED) is 0.681. The normalized spacial score (nSPS) is 9.80. The molecule has 0 atom stereocenters. The van der Waals surface area contributed by atoms with Crippen molar-refractivity contribution in [1.29, 1.82) is 0 Å². The van der Waals surface area contributed by atoms with Crippen LogP contribution < -0.4 is 10.5 Å². The molecular formula is C7H11NO2. The van der Waals surface area contributed by atoms with Crippen molar-refractivity contribution >= 4 is 0 Å². The van der Waals surface area contributed by atoms with Crippen LogP contribution >= 0.6 is 0 Å². The van der Waals surface area contributed by atoms with Crippen LogP contribution in [0.5, 0.6) is 5.75 Å². The van der Waals surface area contributed by atoms with Gasteiger partial charge in [0.15, 0.2) is 5.75 Å². The molecule has 0 amide bonds. The predicted octanol–water partition coefficient (Wildman–Crippen LogP) is 0.926. The summed E-state index contributed by atoms with van der Waals surface area (Å²) < 4.78 is 10.2. The van der Waals surface area contributed by atoms with Gasteiger partial charge in [0.05, 0.1) is 6.26 Å². The summed E-state index contributed by atoms with van der Waals surface area (Å²) in [6.07, 6.45) is 1.60. The first kappa shape index (κ1) is 7.15. The lowest BCUT2D eigenvalue weighted by molar-refractivity contribution is 0.319. The van der Waals surface area contributed by atoms with Gasteiger partial charge in [-0.1, -0.05) is 0 Å². The third kappa shape index (κ3) is 1.51. The van der Waals surface area contributed by atoms with E-state index in [0.717, 1.165) is 11.5 Å². The fourth-order valence-electron chi connectivity index (χ4n) is 0.692. The summed E-state index contributed by atoms with van der Waals surface area (Å²) >= 11 is 0. The molecule has 0 aliphatic heterocycles. The van der Waals surface area contributed by atoms with Gasteiger partial charge in [0, 0.05) is 12.6 Å². The molecule has 0 unspecified atom stereocenters. The molecule has 0 aromatic carbocycles. The van der Waals surface area contributed by atoms with E-state index in [1.165, 1.54) is 0 Å². The van der Waals surface area contributed by atoms with E-state index in [0.29, 0.717) is 13.2 Å². The number of hydrogen-bond donors (Lipinski definition) is 1. The molecule has 0 aliphatic rings. The topological polar surface area (TPSA) is 48.4 Å². The minimum absolute atomic E-state index is 0.532. The van der Waals surface area contributed by atoms with E-state index in [1.807, 2.05) is 6.92 Å². The Labute approximate surface area is 59.8 Å². The second-order valence-electron chi connectivity index (χ2n) is 1.98. The van der Waals surface area contributed by atoms with Gasteiger partial charge in [-0.15, -0.1) is 0 Å². The van der Waals surface area contributed by atoms with Crippen LogP contribution in [0.4, 0.5) is 0 Å². The molecule has 0 aliphatic carbocycles. The van der Waals surface area contributed by atoms with Crippen molar-refractivity contribution in [2.75, 3.05) is 13.2 Å². The molecule has 0 fully saturated rings. The number of ether oxygens (including phenoxy) is 1. The number of nitrogens with two attached hydrogens (primary N) is 1. The van der Waals surface area contributed by atoms with Gasteiger partial charge < -0.3 is 14.9 Å². The van der Waals surface area contributed by atoms with Gasteiger partial charge in [-0.25, -0.2) is 0 Å². The average molecular weight is 141 g/mol. The summed E-state index contributed by atoms with van der Waals surface area (Å²) in [7, 11) is 0. The lowest BCUT2D eigenvalue weighted by atomic mass is 10.4. The van der Waals surface area contributed by atoms with Gasteiger partial charge in [-0.2, -0.15) is 0 Å². The largest absolute Gasteiger partial charge is 0.489 e. The summed E-state index contributed by atoms with van der Waals surface area (Å²) in [6, 6.07) is 1.78. The Bertz CT molecular complexity index is 195. The van der Waals surface area contributed by atoms with Gasteiger partial charge in [-0.3, -0.25) is 0 Å². The monoisotopic (exact) mass is 141 g/mol. The van der Waals surface area contributed by atoms with Crippen molar-refractivity contribution in [1.82, 2.24) is 0 Å². The van der Waals surface area contributed by atoms with Crippen molar-refractivity contribution < 1.29 is 9.15 Å². The van der Waals surface area contributed by atoms with Crippen molar-refractivity contribution in [3.8, 4) is 5.75 Å². The van der Waals surface area contributed by atoms with Gasteiger partial charge in [0.1, 0.15) is 12.4 Å². The number of aryl methyl sites for hydroxylation is 1. The number of rotatable bonds is 3. The van der Waals surface area contributed by atoms with E-state index in [1.54, 1.807) is 12.3 Å². The highest BCUT2D eigenvalue weighted by Crippen LogP contribution is 2.17. The molecule has 1 rings (SSSR count). The Hall–Kier alpha value is -0.960. The summed E-state index contributed by atoms with van der Waals surface area (Å²) in [5.41, 5.74) is 5.24. The Kier molecular flexibility index (Phi) is 2.34. The molecule has 0 saturated carbocycles. The Balaban J connectivity index is 2.49. The molecule has 0 bridgehead atoms. The molecule has 2 N–H and O–H groups in total. The van der Waals surface area contributed by atoms with Crippen molar-refractivity contribution in [2.24, 2.45) is 5.73 Å². The van der Waals surface area contributed by atoms with Crippen LogP contribution in [0.3, 0.4) is 0 Å². The summed E-state index contributed by atoms with van der Waals surface area (Å²) in [6.45, 7) is 2.93. The Morgan fingerprint density at radius 2 is 2.50 bits per heavy atom. The van der Waals surface area contributed by atoms with Crippen molar-refractivity contribution in [2.45, 2.75) is 6.92 Å². The van der Waals surface area contributed by atoms with Gasteiger partial charge in [0.25, 0.3) is 0 Å². The SMILES string of the molecule is Cc1occc1OCCN. The lowest BCUT2D eigenvalue weighted by Crippen LogP contribution is -2.10. The highest BCUT2D eigenvalue weighted by molar-refractivity contribution is 5.22. The first-order valence-electron chi connectivity index (χ1n) is 3.21. The Morgan fingerprint density at radius 3 is 3.00 bits per heavy atom. The number of hydrogen-bond acceptors (Lipinski definition) is 3. The molecule has 1 heterocycles. The maximum Gasteiger partial charge on any atom is 0.160 e. The molecule has 1 aromatic heterocycles. The second-order valence-corrected chi connectivity index (χ2v) is 1.98. The first-order valence-corrected chi connectivity index (χ1v) is 3.21. The summed E-state index contributed by atoms with van der Waals surface area (Å²) in [5.74, 6) is 1.58. The van der Waals surface area contributed by atoms with Crippen LogP contribution in [0.15, 0.2) is 16.7 Å². The predicted molar refractivity (Wildman–Crippen MR) is 38.0 cm³/mol. The standard InChI is InChI=1S/C7H11NO2/c1-6-7(2-4-9-6)10-5-3-8/h2,4H,3,5,8H2,1H3. The van der Waals surface area contributed by atoms with Crippen LogP contribution in [0.1, 0.15) is 5.76 Å². The summed E-state index contributed by atoms with van der Waals surface area (Å²) in [5, 5.41) is 0. The van der Waals surface area contributed by atoms with Gasteiger partial charge >= 0.3 is 0 Å². The zero-order valence-electron chi connectivity index (χ0n) is 5.96. The number of furan rings is 1. The Morgan fingerprint density at radius 1 is 1.70 bits per heavy atom. The minimum Gasteiger partial charge on any atom is -0.489 e. The van der Waals surface area contributed by atoms with E-state index in [9.17, 15) is 0 Å². The zero-order chi connectivity index (χ0) is 7.40. The molecule has 56 valence electrons. The molecule has 3 nitrogen and oxygen atoms in total. The molecule has 1 aromatic rings. The molecule has 0 spiro atoms. The van der Waals surface area contributed by atoms with E-state index >= 15 is 0 Å². The third-order valence-corrected chi connectivity index (χ3v) is 1.19. The smallest absolute Gasteiger partial charge is 0.160 e. The van der Waals surface area contributed by atoms with Crippen molar-refractivity contribution in [3.05, 3.63) is 18.1 Å². The third-order valence-electron chi connectivity index (χ3n) is 1.19. The highest BCUT2D eigenvalue weighted by Gasteiger charge is 1.99. The molecule has 10 heavy (non-hydrogen) atoms. The minimum atomic E-state index is 0.532. The molecule has 0 saturated heterocycles. The average Bonchev–Trinajstić information content (AvgIpc) is 2.31. The molecule has 0 radical (unpaired) electrons. The second kappa shape index (κ2) is 3.27. The maximum atomic E-state index is 5.24. The van der Waals surface area contributed by atoms with Crippen LogP contribution in [-0.2, 0) is 0 Å². The van der Waals surface area contributed by atoms with E-state index in [4.69, 9.17) is 14.9 Å². The maximum absolute atomic E-state index is 5.24. The van der Waals surface area contributed by atoms with Crippen molar-refractivity contribution in [3.63, 3.8) is 0 Å². The van der Waals surface area contributed by atoms with E-state index in [-0.39, 0.29) is 0 Å². The van der Waals surface area contributed by atoms with Gasteiger partial charge in [0.2, 0.25) is 0 Å². The molecular weight excluding hydrogens is 130 g/mol. The first-order chi connectivity index (χ1) is 4.84. The van der Waals surface area contributed by atoms with Crippen LogP contribution in [0.2, 0.25) is 0 Å².